The lowest BCUT2D eigenvalue weighted by Gasteiger charge is -2.13. The Morgan fingerprint density at radius 3 is 3.06 bits per heavy atom. The van der Waals surface area contributed by atoms with Gasteiger partial charge in [0.1, 0.15) is 0 Å². The normalized spacial score (nSPS) is 14.8. The summed E-state index contributed by atoms with van der Waals surface area (Å²) in [6, 6.07) is 3.59. The maximum absolute atomic E-state index is 9.26. The molecule has 4 N–H and O–H groups in total. The van der Waals surface area contributed by atoms with Gasteiger partial charge in [0.05, 0.1) is 6.10 Å². The molecule has 0 fully saturated rings. The van der Waals surface area contributed by atoms with Crippen LogP contribution in [0.4, 0.5) is 5.95 Å². The number of pyridine rings is 1. The second-order valence-corrected chi connectivity index (χ2v) is 4.23. The molecule has 0 saturated carbocycles. The zero-order valence-corrected chi connectivity index (χ0v) is 9.96. The Morgan fingerprint density at radius 1 is 1.59 bits per heavy atom. The van der Waals surface area contributed by atoms with Crippen molar-refractivity contribution in [1.29, 1.82) is 0 Å². The van der Waals surface area contributed by atoms with E-state index in [-0.39, 0.29) is 6.04 Å². The molecule has 0 bridgehead atoms. The van der Waals surface area contributed by atoms with E-state index in [1.807, 2.05) is 25.3 Å². The third-order valence-corrected chi connectivity index (χ3v) is 2.61. The van der Waals surface area contributed by atoms with Crippen molar-refractivity contribution in [2.75, 3.05) is 11.9 Å². The highest BCUT2D eigenvalue weighted by Crippen LogP contribution is 2.07. The first-order valence-electron chi connectivity index (χ1n) is 5.57. The smallest absolute Gasteiger partial charge is 0.243 e. The third-order valence-electron chi connectivity index (χ3n) is 2.61. The Bertz CT molecular complexity index is 508. The van der Waals surface area contributed by atoms with Gasteiger partial charge >= 0.3 is 0 Å². The second kappa shape index (κ2) is 4.68. The van der Waals surface area contributed by atoms with Gasteiger partial charge in [-0.3, -0.25) is 0 Å². The fourth-order valence-electron chi connectivity index (χ4n) is 1.44. The molecule has 2 atom stereocenters. The number of aromatic nitrogens is 3. The lowest BCUT2D eigenvalue weighted by molar-refractivity contribution is 0.168. The number of hydrogen-bond acceptors (Lipinski definition) is 5. The minimum Gasteiger partial charge on any atom is -0.392 e. The van der Waals surface area contributed by atoms with Crippen LogP contribution in [-0.4, -0.2) is 38.4 Å². The standard InChI is InChI=1S/C11H17N5O/c1-7-3-4-16-10(5-7)14-11(15-16)13-6-9(12)8(2)17/h3-5,8-9,17H,6,12H2,1-2H3,(H,13,15). The molecule has 6 nitrogen and oxygen atoms in total. The average Bonchev–Trinajstić information content (AvgIpc) is 2.67. The van der Waals surface area contributed by atoms with Gasteiger partial charge in [-0.25, -0.2) is 4.52 Å². The first kappa shape index (κ1) is 11.8. The van der Waals surface area contributed by atoms with Crippen molar-refractivity contribution < 1.29 is 5.11 Å². The molecule has 2 unspecified atom stereocenters. The lowest BCUT2D eigenvalue weighted by atomic mass is 10.2. The summed E-state index contributed by atoms with van der Waals surface area (Å²) in [5.41, 5.74) is 7.63. The molecule has 0 radical (unpaired) electrons. The molecule has 0 aromatic carbocycles. The van der Waals surface area contributed by atoms with E-state index in [1.165, 1.54) is 0 Å². The largest absolute Gasteiger partial charge is 0.392 e. The number of nitrogens with one attached hydrogen (secondary N) is 1. The first-order chi connectivity index (χ1) is 8.06. The van der Waals surface area contributed by atoms with Gasteiger partial charge in [-0.1, -0.05) is 0 Å². The maximum atomic E-state index is 9.26. The van der Waals surface area contributed by atoms with Gasteiger partial charge in [-0.2, -0.15) is 4.98 Å². The van der Waals surface area contributed by atoms with Crippen molar-refractivity contribution in [3.05, 3.63) is 23.9 Å². The van der Waals surface area contributed by atoms with E-state index in [1.54, 1.807) is 11.4 Å². The molecule has 2 rings (SSSR count). The summed E-state index contributed by atoms with van der Waals surface area (Å²) in [4.78, 5) is 4.31. The lowest BCUT2D eigenvalue weighted by Crippen LogP contribution is -2.38. The van der Waals surface area contributed by atoms with Crippen LogP contribution in [0.3, 0.4) is 0 Å². The van der Waals surface area contributed by atoms with E-state index in [9.17, 15) is 5.11 Å². The van der Waals surface area contributed by atoms with Crippen LogP contribution in [0.25, 0.3) is 5.65 Å². The van der Waals surface area contributed by atoms with Crippen LogP contribution in [0.2, 0.25) is 0 Å². The topological polar surface area (TPSA) is 88.5 Å². The van der Waals surface area contributed by atoms with Crippen molar-refractivity contribution in [2.45, 2.75) is 26.0 Å². The summed E-state index contributed by atoms with van der Waals surface area (Å²) >= 11 is 0. The molecule has 0 saturated heterocycles. The summed E-state index contributed by atoms with van der Waals surface area (Å²) in [5, 5.41) is 16.5. The Hall–Kier alpha value is -1.66. The molecule has 0 aliphatic rings. The van der Waals surface area contributed by atoms with Gasteiger partial charge in [-0.15, -0.1) is 5.10 Å². The summed E-state index contributed by atoms with van der Waals surface area (Å²) in [6.07, 6.45) is 1.30. The Morgan fingerprint density at radius 2 is 2.35 bits per heavy atom. The van der Waals surface area contributed by atoms with Gasteiger partial charge in [0.2, 0.25) is 5.95 Å². The summed E-state index contributed by atoms with van der Waals surface area (Å²) in [6.45, 7) is 4.10. The second-order valence-electron chi connectivity index (χ2n) is 4.23. The summed E-state index contributed by atoms with van der Waals surface area (Å²) in [7, 11) is 0. The van der Waals surface area contributed by atoms with E-state index in [0.29, 0.717) is 12.5 Å². The zero-order valence-electron chi connectivity index (χ0n) is 9.96. The fraction of sp³-hybridized carbons (Fsp3) is 0.455. The monoisotopic (exact) mass is 235 g/mol. The van der Waals surface area contributed by atoms with Crippen molar-refractivity contribution in [3.63, 3.8) is 0 Å². The number of anilines is 1. The summed E-state index contributed by atoms with van der Waals surface area (Å²) < 4.78 is 1.70. The van der Waals surface area contributed by atoms with Gasteiger partial charge in [0.25, 0.3) is 0 Å². The molecule has 0 aliphatic heterocycles. The number of rotatable bonds is 4. The molecule has 17 heavy (non-hydrogen) atoms. The molecular formula is C11H17N5O. The molecule has 2 aromatic heterocycles. The quantitative estimate of drug-likeness (QED) is 0.702. The third kappa shape index (κ3) is 2.72. The maximum Gasteiger partial charge on any atom is 0.243 e. The average molecular weight is 235 g/mol. The zero-order chi connectivity index (χ0) is 12.4. The highest BCUT2D eigenvalue weighted by Gasteiger charge is 2.10. The number of aryl methyl sites for hydroxylation is 1. The molecular weight excluding hydrogens is 218 g/mol. The Kier molecular flexibility index (Phi) is 3.26. The fourth-order valence-corrected chi connectivity index (χ4v) is 1.44. The van der Waals surface area contributed by atoms with Crippen LogP contribution >= 0.6 is 0 Å². The first-order valence-corrected chi connectivity index (χ1v) is 5.57. The van der Waals surface area contributed by atoms with Crippen molar-refractivity contribution in [2.24, 2.45) is 5.73 Å². The van der Waals surface area contributed by atoms with Crippen LogP contribution in [-0.2, 0) is 0 Å². The van der Waals surface area contributed by atoms with Gasteiger partial charge in [0.15, 0.2) is 5.65 Å². The van der Waals surface area contributed by atoms with Crippen LogP contribution in [0.5, 0.6) is 0 Å². The SMILES string of the molecule is Cc1ccn2nc(NCC(N)C(C)O)nc2c1. The van der Waals surface area contributed by atoms with Crippen LogP contribution in [0.15, 0.2) is 18.3 Å². The molecule has 2 heterocycles. The molecule has 0 amide bonds. The minimum atomic E-state index is -0.554. The Balaban J connectivity index is 2.09. The molecule has 0 spiro atoms. The van der Waals surface area contributed by atoms with E-state index in [4.69, 9.17) is 5.73 Å². The minimum absolute atomic E-state index is 0.330. The van der Waals surface area contributed by atoms with Crippen molar-refractivity contribution >= 4 is 11.6 Å². The molecule has 0 aliphatic carbocycles. The van der Waals surface area contributed by atoms with Gasteiger partial charge in [-0.05, 0) is 31.5 Å². The number of aliphatic hydroxyl groups excluding tert-OH is 1. The van der Waals surface area contributed by atoms with E-state index in [0.717, 1.165) is 11.2 Å². The highest BCUT2D eigenvalue weighted by molar-refractivity contribution is 5.45. The van der Waals surface area contributed by atoms with E-state index in [2.05, 4.69) is 15.4 Å². The molecule has 6 heteroatoms. The van der Waals surface area contributed by atoms with Crippen LogP contribution < -0.4 is 11.1 Å². The van der Waals surface area contributed by atoms with E-state index < -0.39 is 6.10 Å². The predicted molar refractivity (Wildman–Crippen MR) is 65.9 cm³/mol. The number of aliphatic hydroxyl groups is 1. The number of fused-ring (bicyclic) bond motifs is 1. The number of nitrogens with zero attached hydrogens (tertiary/aromatic N) is 3. The number of nitrogens with two attached hydrogens (primary N) is 1. The van der Waals surface area contributed by atoms with E-state index >= 15 is 0 Å². The van der Waals surface area contributed by atoms with Crippen LogP contribution in [0.1, 0.15) is 12.5 Å². The highest BCUT2D eigenvalue weighted by atomic mass is 16.3. The predicted octanol–water partition coefficient (Wildman–Crippen LogP) is 0.158. The van der Waals surface area contributed by atoms with Gasteiger partial charge < -0.3 is 16.2 Å². The van der Waals surface area contributed by atoms with Crippen molar-refractivity contribution in [3.8, 4) is 0 Å². The molecule has 92 valence electrons. The van der Waals surface area contributed by atoms with Gasteiger partial charge in [0, 0.05) is 18.8 Å². The molecule has 2 aromatic rings. The Labute approximate surface area is 99.5 Å². The summed E-state index contributed by atoms with van der Waals surface area (Å²) in [5.74, 6) is 0.520. The number of hydrogen-bond donors (Lipinski definition) is 3. The van der Waals surface area contributed by atoms with Crippen molar-refractivity contribution in [1.82, 2.24) is 14.6 Å². The van der Waals surface area contributed by atoms with Crippen LogP contribution in [0, 0.1) is 6.92 Å².